The van der Waals surface area contributed by atoms with E-state index < -0.39 is 11.5 Å². The molecule has 0 aliphatic carbocycles. The number of nitrogens with zero attached hydrogens (tertiary/aromatic N) is 1. The Morgan fingerprint density at radius 2 is 1.86 bits per heavy atom. The van der Waals surface area contributed by atoms with E-state index in [9.17, 15) is 9.90 Å². The van der Waals surface area contributed by atoms with Gasteiger partial charge in [-0.15, -0.1) is 0 Å². The zero-order chi connectivity index (χ0) is 15.5. The van der Waals surface area contributed by atoms with Crippen molar-refractivity contribution in [1.29, 1.82) is 0 Å². The van der Waals surface area contributed by atoms with Gasteiger partial charge in [-0.05, 0) is 39.3 Å². The first-order chi connectivity index (χ1) is 10.0. The van der Waals surface area contributed by atoms with Crippen LogP contribution in [-0.4, -0.2) is 41.7 Å². The van der Waals surface area contributed by atoms with E-state index in [1.54, 1.807) is 7.05 Å². The van der Waals surface area contributed by atoms with Crippen molar-refractivity contribution in [2.75, 3.05) is 13.6 Å². The molecule has 1 aromatic carbocycles. The number of aliphatic carboxylic acids is 1. The van der Waals surface area contributed by atoms with Crippen LogP contribution in [0, 0.1) is 0 Å². The van der Waals surface area contributed by atoms with Crippen molar-refractivity contribution in [3.63, 3.8) is 0 Å². The lowest BCUT2D eigenvalue weighted by Gasteiger charge is -2.44. The number of hydrogen-bond acceptors (Lipinski definition) is 3. The van der Waals surface area contributed by atoms with Crippen molar-refractivity contribution in [3.05, 3.63) is 35.9 Å². The first-order valence-corrected chi connectivity index (χ1v) is 7.75. The molecular formula is C17H26N2O2. The highest BCUT2D eigenvalue weighted by Gasteiger charge is 2.42. The van der Waals surface area contributed by atoms with Crippen LogP contribution in [0.2, 0.25) is 0 Å². The molecule has 4 nitrogen and oxygen atoms in total. The number of carboxylic acids is 1. The number of likely N-dealkylation sites (N-methyl/N-ethyl adjacent to an activating group) is 1. The Kier molecular flexibility index (Phi) is 5.01. The average molecular weight is 290 g/mol. The van der Waals surface area contributed by atoms with Crippen molar-refractivity contribution in [2.24, 2.45) is 0 Å². The molecule has 1 unspecified atom stereocenters. The van der Waals surface area contributed by atoms with Gasteiger partial charge in [-0.2, -0.15) is 0 Å². The van der Waals surface area contributed by atoms with Crippen molar-refractivity contribution in [3.8, 4) is 0 Å². The number of benzene rings is 1. The molecule has 1 saturated heterocycles. The molecule has 0 radical (unpaired) electrons. The lowest BCUT2D eigenvalue weighted by Crippen LogP contribution is -2.59. The predicted molar refractivity (Wildman–Crippen MR) is 84.3 cm³/mol. The smallest absolute Gasteiger partial charge is 0.329 e. The predicted octanol–water partition coefficient (Wildman–Crippen LogP) is 2.45. The van der Waals surface area contributed by atoms with Crippen LogP contribution in [0.15, 0.2) is 30.3 Å². The standard InChI is InChI=1S/C17H26N2O2/c1-13-8-7-9-14(2)19(13)12-17(18-3,16(20)21)15-10-5-4-6-11-15/h4-6,10-11,13-14,18H,7-9,12H2,1-3H3,(H,20,21)/t13-,14+,17?. The third-order valence-corrected chi connectivity index (χ3v) is 4.85. The van der Waals surface area contributed by atoms with E-state index >= 15 is 0 Å². The topological polar surface area (TPSA) is 52.6 Å². The maximum atomic E-state index is 12.1. The van der Waals surface area contributed by atoms with Crippen LogP contribution < -0.4 is 5.32 Å². The summed E-state index contributed by atoms with van der Waals surface area (Å²) in [7, 11) is 1.74. The molecule has 1 aliphatic rings. The number of hydrogen-bond donors (Lipinski definition) is 2. The Labute approximate surface area is 127 Å². The van der Waals surface area contributed by atoms with Crippen molar-refractivity contribution in [2.45, 2.75) is 50.7 Å². The summed E-state index contributed by atoms with van der Waals surface area (Å²) >= 11 is 0. The van der Waals surface area contributed by atoms with Crippen LogP contribution in [0.4, 0.5) is 0 Å². The van der Waals surface area contributed by atoms with Gasteiger partial charge < -0.3 is 10.4 Å². The van der Waals surface area contributed by atoms with Gasteiger partial charge in [0, 0.05) is 18.6 Å². The Balaban J connectivity index is 2.35. The highest BCUT2D eigenvalue weighted by atomic mass is 16.4. The van der Waals surface area contributed by atoms with Gasteiger partial charge >= 0.3 is 5.97 Å². The summed E-state index contributed by atoms with van der Waals surface area (Å²) in [6, 6.07) is 10.3. The molecule has 2 rings (SSSR count). The Bertz CT molecular complexity index is 467. The molecule has 0 saturated carbocycles. The highest BCUT2D eigenvalue weighted by Crippen LogP contribution is 2.29. The van der Waals surface area contributed by atoms with Crippen LogP contribution in [0.25, 0.3) is 0 Å². The molecule has 1 heterocycles. The van der Waals surface area contributed by atoms with E-state index in [1.807, 2.05) is 30.3 Å². The van der Waals surface area contributed by atoms with Crippen molar-refractivity contribution < 1.29 is 9.90 Å². The molecule has 1 fully saturated rings. The van der Waals surface area contributed by atoms with E-state index in [1.165, 1.54) is 6.42 Å². The van der Waals surface area contributed by atoms with Gasteiger partial charge in [0.1, 0.15) is 0 Å². The quantitative estimate of drug-likeness (QED) is 0.874. The van der Waals surface area contributed by atoms with Crippen LogP contribution in [0.5, 0.6) is 0 Å². The summed E-state index contributed by atoms with van der Waals surface area (Å²) in [6.07, 6.45) is 3.50. The molecule has 3 atom stereocenters. The van der Waals surface area contributed by atoms with Gasteiger partial charge in [0.2, 0.25) is 0 Å². The van der Waals surface area contributed by atoms with Crippen LogP contribution >= 0.6 is 0 Å². The Morgan fingerprint density at radius 3 is 2.33 bits per heavy atom. The number of nitrogens with one attached hydrogen (secondary N) is 1. The Morgan fingerprint density at radius 1 is 1.29 bits per heavy atom. The van der Waals surface area contributed by atoms with Gasteiger partial charge in [0.15, 0.2) is 5.54 Å². The fraction of sp³-hybridized carbons (Fsp3) is 0.588. The molecular weight excluding hydrogens is 264 g/mol. The van der Waals surface area contributed by atoms with Gasteiger partial charge in [-0.1, -0.05) is 36.8 Å². The second-order valence-corrected chi connectivity index (χ2v) is 6.13. The molecule has 0 bridgehead atoms. The summed E-state index contributed by atoms with van der Waals surface area (Å²) in [5, 5.41) is 13.0. The maximum Gasteiger partial charge on any atom is 0.329 e. The summed E-state index contributed by atoms with van der Waals surface area (Å²) < 4.78 is 0. The highest BCUT2D eigenvalue weighted by molar-refractivity contribution is 5.81. The zero-order valence-electron chi connectivity index (χ0n) is 13.2. The van der Waals surface area contributed by atoms with Crippen molar-refractivity contribution >= 4 is 5.97 Å². The average Bonchev–Trinajstić information content (AvgIpc) is 2.48. The normalized spacial score (nSPS) is 26.2. The maximum absolute atomic E-state index is 12.1. The van der Waals surface area contributed by atoms with Gasteiger partial charge in [0.05, 0.1) is 0 Å². The minimum atomic E-state index is -1.05. The second-order valence-electron chi connectivity index (χ2n) is 6.13. The lowest BCUT2D eigenvalue weighted by atomic mass is 9.86. The summed E-state index contributed by atoms with van der Waals surface area (Å²) in [5.74, 6) is -0.818. The Hall–Kier alpha value is -1.39. The van der Waals surface area contributed by atoms with E-state index in [4.69, 9.17) is 0 Å². The number of rotatable bonds is 5. The van der Waals surface area contributed by atoms with E-state index in [-0.39, 0.29) is 0 Å². The lowest BCUT2D eigenvalue weighted by molar-refractivity contribution is -0.147. The molecule has 1 aromatic rings. The summed E-state index contributed by atoms with van der Waals surface area (Å²) in [6.45, 7) is 4.89. The number of piperidine rings is 1. The minimum Gasteiger partial charge on any atom is -0.480 e. The largest absolute Gasteiger partial charge is 0.480 e. The van der Waals surface area contributed by atoms with Crippen molar-refractivity contribution in [1.82, 2.24) is 10.2 Å². The second kappa shape index (κ2) is 6.58. The van der Waals surface area contributed by atoms with Crippen LogP contribution in [-0.2, 0) is 10.3 Å². The number of carbonyl (C=O) groups is 1. The zero-order valence-corrected chi connectivity index (χ0v) is 13.2. The van der Waals surface area contributed by atoms with E-state index in [2.05, 4.69) is 24.1 Å². The fourth-order valence-corrected chi connectivity index (χ4v) is 3.40. The third kappa shape index (κ3) is 3.11. The van der Waals surface area contributed by atoms with Crippen LogP contribution in [0.1, 0.15) is 38.7 Å². The minimum absolute atomic E-state index is 0.421. The van der Waals surface area contributed by atoms with Gasteiger partial charge in [0.25, 0.3) is 0 Å². The molecule has 4 heteroatoms. The van der Waals surface area contributed by atoms with E-state index in [0.29, 0.717) is 18.6 Å². The van der Waals surface area contributed by atoms with Gasteiger partial charge in [-0.3, -0.25) is 4.90 Å². The molecule has 0 amide bonds. The first kappa shape index (κ1) is 16.0. The molecule has 2 N–H and O–H groups in total. The molecule has 0 aromatic heterocycles. The van der Waals surface area contributed by atoms with Crippen LogP contribution in [0.3, 0.4) is 0 Å². The summed E-state index contributed by atoms with van der Waals surface area (Å²) in [5.41, 5.74) is -0.244. The number of likely N-dealkylation sites (tertiary alicyclic amines) is 1. The summed E-state index contributed by atoms with van der Waals surface area (Å²) in [4.78, 5) is 14.4. The van der Waals surface area contributed by atoms with E-state index in [0.717, 1.165) is 18.4 Å². The number of carboxylic acid groups (broad SMARTS) is 1. The van der Waals surface area contributed by atoms with Gasteiger partial charge in [-0.25, -0.2) is 4.79 Å². The molecule has 21 heavy (non-hydrogen) atoms. The first-order valence-electron chi connectivity index (χ1n) is 7.75. The monoisotopic (exact) mass is 290 g/mol. The molecule has 116 valence electrons. The molecule has 1 aliphatic heterocycles. The molecule has 0 spiro atoms. The SMILES string of the molecule is CNC(CN1[C@H](C)CCC[C@@H]1C)(C(=O)O)c1ccccc1. The fourth-order valence-electron chi connectivity index (χ4n) is 3.40. The third-order valence-electron chi connectivity index (χ3n) is 4.85.